The standard InChI is InChI=1S/C15H15BrN2O2/c1-9(17)10-6-7-14(12(16)8-10)20-13-5-3-2-4-11(13)15(18)19/h2-9H,17H2,1H3,(H2,18,19)/t9-/m0/s1. The Morgan fingerprint density at radius 2 is 1.90 bits per heavy atom. The maximum atomic E-state index is 11.4. The summed E-state index contributed by atoms with van der Waals surface area (Å²) >= 11 is 3.44. The molecule has 0 unspecified atom stereocenters. The van der Waals surface area contributed by atoms with Gasteiger partial charge < -0.3 is 16.2 Å². The number of carbonyl (C=O) groups is 1. The lowest BCUT2D eigenvalue weighted by Crippen LogP contribution is -2.12. The number of hydrogen-bond acceptors (Lipinski definition) is 3. The van der Waals surface area contributed by atoms with Crippen molar-refractivity contribution in [1.29, 1.82) is 0 Å². The van der Waals surface area contributed by atoms with Crippen molar-refractivity contribution in [3.05, 3.63) is 58.1 Å². The molecule has 20 heavy (non-hydrogen) atoms. The third-order valence-corrected chi connectivity index (χ3v) is 3.47. The van der Waals surface area contributed by atoms with Crippen LogP contribution in [0.2, 0.25) is 0 Å². The lowest BCUT2D eigenvalue weighted by Gasteiger charge is -2.12. The van der Waals surface area contributed by atoms with Crippen LogP contribution in [0, 0.1) is 0 Å². The fraction of sp³-hybridized carbons (Fsp3) is 0.133. The molecule has 0 aliphatic carbocycles. The molecule has 1 atom stereocenters. The molecule has 2 aromatic carbocycles. The molecule has 0 radical (unpaired) electrons. The second kappa shape index (κ2) is 6.07. The Hall–Kier alpha value is -1.85. The minimum absolute atomic E-state index is 0.0572. The molecule has 2 rings (SSSR count). The Bertz CT molecular complexity index is 642. The van der Waals surface area contributed by atoms with Crippen LogP contribution < -0.4 is 16.2 Å². The Kier molecular flexibility index (Phi) is 4.42. The highest BCUT2D eigenvalue weighted by Crippen LogP contribution is 2.33. The minimum atomic E-state index is -0.524. The molecule has 1 amide bonds. The molecule has 4 nitrogen and oxygen atoms in total. The van der Waals surface area contributed by atoms with E-state index in [1.165, 1.54) is 0 Å². The van der Waals surface area contributed by atoms with Gasteiger partial charge in [-0.05, 0) is 52.7 Å². The van der Waals surface area contributed by atoms with Crippen LogP contribution in [-0.4, -0.2) is 5.91 Å². The first-order chi connectivity index (χ1) is 9.49. The number of ether oxygens (including phenoxy) is 1. The van der Waals surface area contributed by atoms with E-state index in [4.69, 9.17) is 16.2 Å². The summed E-state index contributed by atoms with van der Waals surface area (Å²) in [6.07, 6.45) is 0. The number of rotatable bonds is 4. The molecule has 4 N–H and O–H groups in total. The fourth-order valence-corrected chi connectivity index (χ4v) is 2.24. The van der Waals surface area contributed by atoms with Gasteiger partial charge in [-0.15, -0.1) is 0 Å². The van der Waals surface area contributed by atoms with Crippen LogP contribution in [0.4, 0.5) is 0 Å². The molecule has 0 heterocycles. The van der Waals surface area contributed by atoms with E-state index in [0.717, 1.165) is 10.0 Å². The first kappa shape index (κ1) is 14.6. The molecule has 104 valence electrons. The molecule has 2 aromatic rings. The second-order valence-corrected chi connectivity index (χ2v) is 5.30. The number of amides is 1. The van der Waals surface area contributed by atoms with E-state index in [2.05, 4.69) is 15.9 Å². The molecule has 0 fully saturated rings. The van der Waals surface area contributed by atoms with Gasteiger partial charge in [0, 0.05) is 6.04 Å². The molecule has 0 spiro atoms. The van der Waals surface area contributed by atoms with Crippen molar-refractivity contribution in [2.75, 3.05) is 0 Å². The largest absolute Gasteiger partial charge is 0.455 e. The van der Waals surface area contributed by atoms with Crippen LogP contribution in [0.15, 0.2) is 46.9 Å². The van der Waals surface area contributed by atoms with E-state index in [-0.39, 0.29) is 6.04 Å². The van der Waals surface area contributed by atoms with Crippen LogP contribution in [0.1, 0.15) is 28.9 Å². The molecule has 0 saturated carbocycles. The van der Waals surface area contributed by atoms with Crippen molar-refractivity contribution < 1.29 is 9.53 Å². The summed E-state index contributed by atoms with van der Waals surface area (Å²) < 4.78 is 6.52. The Morgan fingerprint density at radius 1 is 1.20 bits per heavy atom. The maximum absolute atomic E-state index is 11.4. The van der Waals surface area contributed by atoms with Gasteiger partial charge in [-0.3, -0.25) is 4.79 Å². The van der Waals surface area contributed by atoms with Crippen molar-refractivity contribution in [2.45, 2.75) is 13.0 Å². The Morgan fingerprint density at radius 3 is 2.50 bits per heavy atom. The van der Waals surface area contributed by atoms with Gasteiger partial charge in [0.05, 0.1) is 10.0 Å². The van der Waals surface area contributed by atoms with Gasteiger partial charge in [-0.1, -0.05) is 18.2 Å². The number of primary amides is 1. The second-order valence-electron chi connectivity index (χ2n) is 4.44. The van der Waals surface area contributed by atoms with Crippen molar-refractivity contribution in [3.63, 3.8) is 0 Å². The molecular weight excluding hydrogens is 320 g/mol. The summed E-state index contributed by atoms with van der Waals surface area (Å²) in [7, 11) is 0. The number of benzene rings is 2. The third-order valence-electron chi connectivity index (χ3n) is 2.85. The molecule has 5 heteroatoms. The summed E-state index contributed by atoms with van der Waals surface area (Å²) in [5, 5.41) is 0. The minimum Gasteiger partial charge on any atom is -0.455 e. The van der Waals surface area contributed by atoms with Gasteiger partial charge in [-0.2, -0.15) is 0 Å². The summed E-state index contributed by atoms with van der Waals surface area (Å²) in [4.78, 5) is 11.4. The van der Waals surface area contributed by atoms with Crippen LogP contribution in [-0.2, 0) is 0 Å². The van der Waals surface area contributed by atoms with Gasteiger partial charge in [0.2, 0.25) is 0 Å². The Balaban J connectivity index is 2.33. The highest BCUT2D eigenvalue weighted by Gasteiger charge is 2.11. The predicted molar refractivity (Wildman–Crippen MR) is 81.8 cm³/mol. The van der Waals surface area contributed by atoms with Crippen LogP contribution in [0.25, 0.3) is 0 Å². The van der Waals surface area contributed by atoms with Gasteiger partial charge >= 0.3 is 0 Å². The molecule has 0 aliphatic heterocycles. The van der Waals surface area contributed by atoms with Gasteiger partial charge in [-0.25, -0.2) is 0 Å². The number of para-hydroxylation sites is 1. The van der Waals surface area contributed by atoms with Crippen LogP contribution >= 0.6 is 15.9 Å². The smallest absolute Gasteiger partial charge is 0.252 e. The third kappa shape index (κ3) is 3.18. The summed E-state index contributed by atoms with van der Waals surface area (Å²) in [6, 6.07) is 12.4. The molecule has 0 saturated heterocycles. The lowest BCUT2D eigenvalue weighted by atomic mass is 10.1. The first-order valence-electron chi connectivity index (χ1n) is 6.10. The van der Waals surface area contributed by atoms with E-state index in [0.29, 0.717) is 17.1 Å². The number of nitrogens with two attached hydrogens (primary N) is 2. The highest BCUT2D eigenvalue weighted by molar-refractivity contribution is 9.10. The summed E-state index contributed by atoms with van der Waals surface area (Å²) in [6.45, 7) is 1.91. The van der Waals surface area contributed by atoms with E-state index in [1.54, 1.807) is 30.3 Å². The highest BCUT2D eigenvalue weighted by atomic mass is 79.9. The Labute approximate surface area is 125 Å². The van der Waals surface area contributed by atoms with Crippen LogP contribution in [0.3, 0.4) is 0 Å². The van der Waals surface area contributed by atoms with Gasteiger partial charge in [0.1, 0.15) is 11.5 Å². The molecular formula is C15H15BrN2O2. The quantitative estimate of drug-likeness (QED) is 0.899. The zero-order chi connectivity index (χ0) is 14.7. The first-order valence-corrected chi connectivity index (χ1v) is 6.90. The van der Waals surface area contributed by atoms with Crippen molar-refractivity contribution in [1.82, 2.24) is 0 Å². The predicted octanol–water partition coefficient (Wildman–Crippen LogP) is 3.36. The average molecular weight is 335 g/mol. The average Bonchev–Trinajstić information content (AvgIpc) is 2.41. The van der Waals surface area contributed by atoms with E-state index in [1.807, 2.05) is 19.1 Å². The van der Waals surface area contributed by atoms with Crippen molar-refractivity contribution in [3.8, 4) is 11.5 Å². The van der Waals surface area contributed by atoms with E-state index in [9.17, 15) is 4.79 Å². The van der Waals surface area contributed by atoms with Gasteiger partial charge in [0.15, 0.2) is 0 Å². The molecule has 0 bridgehead atoms. The number of hydrogen-bond donors (Lipinski definition) is 2. The monoisotopic (exact) mass is 334 g/mol. The number of halogens is 1. The van der Waals surface area contributed by atoms with Crippen molar-refractivity contribution in [2.24, 2.45) is 11.5 Å². The van der Waals surface area contributed by atoms with Crippen LogP contribution in [0.5, 0.6) is 11.5 Å². The SMILES string of the molecule is C[C@H](N)c1ccc(Oc2ccccc2C(N)=O)c(Br)c1. The summed E-state index contributed by atoms with van der Waals surface area (Å²) in [5.74, 6) is 0.501. The van der Waals surface area contributed by atoms with E-state index >= 15 is 0 Å². The fourth-order valence-electron chi connectivity index (χ4n) is 1.76. The normalized spacial score (nSPS) is 11.9. The van der Waals surface area contributed by atoms with Crippen molar-refractivity contribution >= 4 is 21.8 Å². The summed E-state index contributed by atoms with van der Waals surface area (Å²) in [5.41, 5.74) is 12.5. The lowest BCUT2D eigenvalue weighted by molar-refractivity contribution is 0.0998. The number of carbonyl (C=O) groups excluding carboxylic acids is 1. The maximum Gasteiger partial charge on any atom is 0.252 e. The topological polar surface area (TPSA) is 78.3 Å². The molecule has 0 aliphatic rings. The van der Waals surface area contributed by atoms with Gasteiger partial charge in [0.25, 0.3) is 5.91 Å². The van der Waals surface area contributed by atoms with E-state index < -0.39 is 5.91 Å². The zero-order valence-electron chi connectivity index (χ0n) is 11.0. The zero-order valence-corrected chi connectivity index (χ0v) is 12.6. The molecule has 0 aromatic heterocycles.